The van der Waals surface area contributed by atoms with Crippen LogP contribution in [0.2, 0.25) is 0 Å². The second-order valence-electron chi connectivity index (χ2n) is 7.62. The molecule has 0 radical (unpaired) electrons. The number of phenolic OH excluding ortho intramolecular Hbond substituents is 1. The molecule has 1 aliphatic heterocycles. The van der Waals surface area contributed by atoms with E-state index in [1.807, 2.05) is 31.2 Å². The summed E-state index contributed by atoms with van der Waals surface area (Å²) in [5, 5.41) is 16.1. The van der Waals surface area contributed by atoms with Crippen molar-refractivity contribution in [2.75, 3.05) is 11.9 Å². The molecule has 4 heteroatoms. The van der Waals surface area contributed by atoms with Gasteiger partial charge in [0.2, 0.25) is 0 Å². The van der Waals surface area contributed by atoms with E-state index in [0.29, 0.717) is 18.8 Å². The molecule has 0 fully saturated rings. The van der Waals surface area contributed by atoms with E-state index in [1.165, 1.54) is 10.8 Å². The first-order valence-electron chi connectivity index (χ1n) is 10.2. The van der Waals surface area contributed by atoms with Gasteiger partial charge in [0.15, 0.2) is 17.3 Å². The molecule has 1 atom stereocenters. The molecule has 1 aliphatic carbocycles. The molecule has 0 spiro atoms. The summed E-state index contributed by atoms with van der Waals surface area (Å²) < 4.78 is 5.58. The van der Waals surface area contributed by atoms with Crippen molar-refractivity contribution in [2.24, 2.45) is 0 Å². The number of aromatic hydroxyl groups is 1. The Balaban J connectivity index is 1.72. The Labute approximate surface area is 169 Å². The van der Waals surface area contributed by atoms with Crippen molar-refractivity contribution in [3.63, 3.8) is 0 Å². The maximum Gasteiger partial charge on any atom is 0.161 e. The maximum atomic E-state index is 13.1. The molecule has 0 saturated carbocycles. The van der Waals surface area contributed by atoms with E-state index in [0.717, 1.165) is 40.8 Å². The molecule has 5 rings (SSSR count). The highest BCUT2D eigenvalue weighted by Crippen LogP contribution is 2.48. The molecular formula is C25H23NO3. The van der Waals surface area contributed by atoms with Crippen molar-refractivity contribution >= 4 is 27.8 Å². The van der Waals surface area contributed by atoms with Crippen LogP contribution >= 0.6 is 0 Å². The Bertz CT molecular complexity index is 1160. The van der Waals surface area contributed by atoms with Gasteiger partial charge >= 0.3 is 0 Å². The molecule has 1 unspecified atom stereocenters. The Morgan fingerprint density at radius 1 is 1.10 bits per heavy atom. The minimum Gasteiger partial charge on any atom is -0.504 e. The average Bonchev–Trinajstić information content (AvgIpc) is 2.74. The standard InChI is InChI=1S/C25H23NO3/c1-2-29-22-14-16(11-13-20(22)27)25-24-18(8-5-9-21(24)28)23-17-7-4-3-6-15(17)10-12-19(23)26-25/h3-4,6-7,10-14,25-27H,2,5,8-9H2,1H3. The van der Waals surface area contributed by atoms with E-state index < -0.39 is 0 Å². The summed E-state index contributed by atoms with van der Waals surface area (Å²) in [6.07, 6.45) is 2.36. The van der Waals surface area contributed by atoms with E-state index in [-0.39, 0.29) is 17.6 Å². The molecule has 3 aromatic rings. The highest BCUT2D eigenvalue weighted by atomic mass is 16.5. The van der Waals surface area contributed by atoms with Gasteiger partial charge in [0.05, 0.1) is 12.6 Å². The zero-order valence-corrected chi connectivity index (χ0v) is 16.4. The van der Waals surface area contributed by atoms with Crippen LogP contribution in [-0.4, -0.2) is 17.5 Å². The largest absolute Gasteiger partial charge is 0.504 e. The number of benzene rings is 3. The first-order valence-corrected chi connectivity index (χ1v) is 10.2. The van der Waals surface area contributed by atoms with Gasteiger partial charge in [-0.25, -0.2) is 0 Å². The third-order valence-electron chi connectivity index (χ3n) is 5.89. The summed E-state index contributed by atoms with van der Waals surface area (Å²) in [5.74, 6) is 0.761. The van der Waals surface area contributed by atoms with Crippen LogP contribution in [0, 0.1) is 0 Å². The zero-order valence-electron chi connectivity index (χ0n) is 16.4. The molecule has 0 bridgehead atoms. The minimum absolute atomic E-state index is 0.113. The summed E-state index contributed by atoms with van der Waals surface area (Å²) in [7, 11) is 0. The number of ether oxygens (including phenoxy) is 1. The molecule has 146 valence electrons. The van der Waals surface area contributed by atoms with E-state index in [1.54, 1.807) is 6.07 Å². The molecule has 3 aromatic carbocycles. The SMILES string of the molecule is CCOc1cc(C2Nc3ccc4ccccc4c3C3=C2C(=O)CCC3)ccc1O. The third-order valence-corrected chi connectivity index (χ3v) is 5.89. The maximum absolute atomic E-state index is 13.1. The molecule has 4 nitrogen and oxygen atoms in total. The number of carbonyl (C=O) groups excluding carboxylic acids is 1. The zero-order chi connectivity index (χ0) is 20.0. The number of fused-ring (bicyclic) bond motifs is 4. The van der Waals surface area contributed by atoms with Crippen LogP contribution in [0.1, 0.15) is 43.4 Å². The first-order chi connectivity index (χ1) is 14.2. The van der Waals surface area contributed by atoms with Gasteiger partial charge < -0.3 is 15.2 Å². The molecule has 1 heterocycles. The van der Waals surface area contributed by atoms with E-state index in [9.17, 15) is 9.90 Å². The quantitative estimate of drug-likeness (QED) is 0.615. The van der Waals surface area contributed by atoms with Gasteiger partial charge in [-0.3, -0.25) is 4.79 Å². The van der Waals surface area contributed by atoms with Crippen LogP contribution in [0.25, 0.3) is 16.3 Å². The van der Waals surface area contributed by atoms with Gasteiger partial charge in [0.25, 0.3) is 0 Å². The number of hydrogen-bond donors (Lipinski definition) is 2. The van der Waals surface area contributed by atoms with Gasteiger partial charge in [-0.2, -0.15) is 0 Å². The number of phenols is 1. The van der Waals surface area contributed by atoms with Crippen molar-refractivity contribution in [2.45, 2.75) is 32.2 Å². The fourth-order valence-corrected chi connectivity index (χ4v) is 4.63. The summed E-state index contributed by atoms with van der Waals surface area (Å²) in [4.78, 5) is 13.1. The normalized spacial score (nSPS) is 18.2. The monoisotopic (exact) mass is 385 g/mol. The number of anilines is 1. The second-order valence-corrected chi connectivity index (χ2v) is 7.62. The smallest absolute Gasteiger partial charge is 0.161 e. The third kappa shape index (κ3) is 2.87. The number of carbonyl (C=O) groups is 1. The lowest BCUT2D eigenvalue weighted by Gasteiger charge is -2.35. The van der Waals surface area contributed by atoms with Gasteiger partial charge in [0, 0.05) is 23.2 Å². The minimum atomic E-state index is -0.244. The lowest BCUT2D eigenvalue weighted by Crippen LogP contribution is -2.27. The molecule has 0 amide bonds. The van der Waals surface area contributed by atoms with Gasteiger partial charge in [-0.15, -0.1) is 0 Å². The van der Waals surface area contributed by atoms with E-state index in [2.05, 4.69) is 29.6 Å². The Morgan fingerprint density at radius 3 is 2.83 bits per heavy atom. The summed E-state index contributed by atoms with van der Waals surface area (Å²) in [6, 6.07) is 17.7. The Kier molecular flexibility index (Phi) is 4.27. The lowest BCUT2D eigenvalue weighted by atomic mass is 9.77. The van der Waals surface area contributed by atoms with Crippen molar-refractivity contribution in [1.29, 1.82) is 0 Å². The number of ketones is 1. The molecule has 29 heavy (non-hydrogen) atoms. The molecule has 0 saturated heterocycles. The second kappa shape index (κ2) is 6.96. The molecular weight excluding hydrogens is 362 g/mol. The predicted molar refractivity (Wildman–Crippen MR) is 115 cm³/mol. The number of rotatable bonds is 3. The van der Waals surface area contributed by atoms with Gasteiger partial charge in [0.1, 0.15) is 0 Å². The Morgan fingerprint density at radius 2 is 1.97 bits per heavy atom. The van der Waals surface area contributed by atoms with E-state index >= 15 is 0 Å². The van der Waals surface area contributed by atoms with Crippen LogP contribution in [0.15, 0.2) is 60.2 Å². The fraction of sp³-hybridized carbons (Fsp3) is 0.240. The number of nitrogens with one attached hydrogen (secondary N) is 1. The average molecular weight is 385 g/mol. The van der Waals surface area contributed by atoms with Crippen molar-refractivity contribution in [1.82, 2.24) is 0 Å². The number of Topliss-reactive ketones (excluding diaryl/α,β-unsaturated/α-hetero) is 1. The summed E-state index contributed by atoms with van der Waals surface area (Å²) in [5.41, 5.74) is 5.14. The van der Waals surface area contributed by atoms with Crippen molar-refractivity contribution < 1.29 is 14.6 Å². The molecule has 0 aromatic heterocycles. The highest BCUT2D eigenvalue weighted by molar-refractivity contribution is 6.12. The van der Waals surface area contributed by atoms with E-state index in [4.69, 9.17) is 4.74 Å². The molecule has 2 aliphatic rings. The van der Waals surface area contributed by atoms with Crippen molar-refractivity contribution in [3.8, 4) is 11.5 Å². The van der Waals surface area contributed by atoms with Gasteiger partial charge in [-0.1, -0.05) is 36.4 Å². The number of hydrogen-bond acceptors (Lipinski definition) is 4. The van der Waals surface area contributed by atoms with Crippen LogP contribution < -0.4 is 10.1 Å². The predicted octanol–water partition coefficient (Wildman–Crippen LogP) is 5.62. The highest BCUT2D eigenvalue weighted by Gasteiger charge is 2.35. The van der Waals surface area contributed by atoms with Crippen LogP contribution in [0.5, 0.6) is 11.5 Å². The Hall–Kier alpha value is -3.27. The number of allylic oxidation sites excluding steroid dienone is 1. The van der Waals surface area contributed by atoms with Crippen LogP contribution in [-0.2, 0) is 4.79 Å². The van der Waals surface area contributed by atoms with Gasteiger partial charge in [-0.05, 0) is 59.9 Å². The summed E-state index contributed by atoms with van der Waals surface area (Å²) >= 11 is 0. The topological polar surface area (TPSA) is 58.6 Å². The lowest BCUT2D eigenvalue weighted by molar-refractivity contribution is -0.116. The fourth-order valence-electron chi connectivity index (χ4n) is 4.63. The van der Waals surface area contributed by atoms with Crippen LogP contribution in [0.4, 0.5) is 5.69 Å². The first kappa shape index (κ1) is 17.8. The van der Waals surface area contributed by atoms with Crippen molar-refractivity contribution in [3.05, 3.63) is 71.3 Å². The molecule has 2 N–H and O–H groups in total. The van der Waals surface area contributed by atoms with Crippen LogP contribution in [0.3, 0.4) is 0 Å². The summed E-state index contributed by atoms with van der Waals surface area (Å²) in [6.45, 7) is 2.36.